The van der Waals surface area contributed by atoms with Crippen molar-refractivity contribution in [3.63, 3.8) is 0 Å². The molecule has 0 aliphatic heterocycles. The maximum absolute atomic E-state index is 12.3. The zero-order valence-electron chi connectivity index (χ0n) is 86.7. The second kappa shape index (κ2) is 40.9. The number of rotatable bonds is 22. The van der Waals surface area contributed by atoms with Gasteiger partial charge >= 0.3 is 11.9 Å². The Kier molecular flexibility index (Phi) is 29.9. The maximum Gasteiger partial charge on any atom is 0.340 e. The van der Waals surface area contributed by atoms with Gasteiger partial charge in [0.15, 0.2) is 94.1 Å². The Bertz CT molecular complexity index is 8030. The molecule has 0 bridgehead atoms. The van der Waals surface area contributed by atoms with Gasteiger partial charge in [0.25, 0.3) is 0 Å². The summed E-state index contributed by atoms with van der Waals surface area (Å²) in [6, 6.07) is 24.7. The summed E-state index contributed by atoms with van der Waals surface area (Å²) in [5.41, 5.74) is 15.7. The summed E-state index contributed by atoms with van der Waals surface area (Å²) in [5.74, 6) is -3.93. The number of phenols is 12. The van der Waals surface area contributed by atoms with Crippen molar-refractivity contribution in [2.24, 2.45) is 0 Å². The third-order valence-corrected chi connectivity index (χ3v) is 28.0. The summed E-state index contributed by atoms with van der Waals surface area (Å²) >= 11 is 0. The Labute approximate surface area is 842 Å². The van der Waals surface area contributed by atoms with Gasteiger partial charge in [-0.05, 0) is 261 Å². The van der Waals surface area contributed by atoms with E-state index in [2.05, 4.69) is 6.07 Å². The van der Waals surface area contributed by atoms with Crippen LogP contribution in [0.5, 0.6) is 115 Å². The average molecular weight is 1990 g/mol. The molecule has 0 fully saturated rings. The fourth-order valence-corrected chi connectivity index (χ4v) is 21.3. The van der Waals surface area contributed by atoms with Gasteiger partial charge in [0.2, 0.25) is 0 Å². The molecule has 14 N–H and O–H groups in total. The van der Waals surface area contributed by atoms with Gasteiger partial charge in [0, 0.05) is 132 Å². The molecule has 28 nitrogen and oxygen atoms in total. The normalized spacial score (nSPS) is 11.4. The van der Waals surface area contributed by atoms with E-state index in [1.807, 2.05) is 119 Å². The minimum Gasteiger partial charge on any atom is -0.507 e. The first-order valence-electron chi connectivity index (χ1n) is 46.9. The molecule has 760 valence electrons. The molecule has 0 aliphatic carbocycles. The van der Waals surface area contributed by atoms with Gasteiger partial charge in [-0.3, -0.25) is 19.2 Å². The van der Waals surface area contributed by atoms with E-state index in [1.165, 1.54) is 47.7 Å². The number of aryl methyl sites for hydroxylation is 10. The highest BCUT2D eigenvalue weighted by Crippen LogP contribution is 2.60. The SMILES string of the molecule is COc1cc2c(OC)c(-c3c(C)cc4c(C(=O)O)c(C)c(C)cc4c3OC)c(C)cc2c(C(=O)O)c1OC.COc1cc2c(OC)c(-c3c(C)cc4c(C=O)c(C)c(C)cc4c3OC)c(C)cc2c(C=O)c1OC.Cc1cc2c(C(C)C)c(O)c(O)c(C=O)c2c(O)c1-c1c(C)cc2c(C(C)C)c(O)c(O)c(C=O)c2c1O.Cc1cc2c(C(C)C)c(O)c(O)cc2c(O)c1-c1c(C)cc2c(C(C)C)c(O)c(O)cc2c1O. The number of phenolic OH excluding ortho intramolecular Hbond substituents is 12. The number of ether oxygens (including phenoxy) is 8. The number of aromatic carboxylic acids is 2. The van der Waals surface area contributed by atoms with E-state index in [0.717, 1.165) is 79.0 Å². The molecule has 0 spiro atoms. The molecule has 0 aliphatic rings. The van der Waals surface area contributed by atoms with Crippen molar-refractivity contribution in [3.8, 4) is 159 Å². The third kappa shape index (κ3) is 17.2. The quantitative estimate of drug-likeness (QED) is 0.0221. The fraction of sp³-hybridized carbons (Fsp3) is 0.271. The second-order valence-corrected chi connectivity index (χ2v) is 38.0. The summed E-state index contributed by atoms with van der Waals surface area (Å²) in [4.78, 5) is 72.7. The van der Waals surface area contributed by atoms with Gasteiger partial charge in [-0.15, -0.1) is 0 Å². The minimum atomic E-state index is -1.16. The summed E-state index contributed by atoms with van der Waals surface area (Å²) in [7, 11) is 12.2. The van der Waals surface area contributed by atoms with Gasteiger partial charge in [-0.2, -0.15) is 0 Å². The van der Waals surface area contributed by atoms with Crippen LogP contribution in [-0.2, 0) is 0 Å². The van der Waals surface area contributed by atoms with Crippen LogP contribution >= 0.6 is 0 Å². The Morgan fingerprint density at radius 1 is 0.226 bits per heavy atom. The van der Waals surface area contributed by atoms with E-state index in [4.69, 9.17) is 37.9 Å². The van der Waals surface area contributed by atoms with Crippen molar-refractivity contribution in [1.82, 2.24) is 0 Å². The number of carboxylic acids is 2. The van der Waals surface area contributed by atoms with E-state index >= 15 is 0 Å². The van der Waals surface area contributed by atoms with Crippen molar-refractivity contribution in [2.45, 2.75) is 162 Å². The lowest BCUT2D eigenvalue weighted by Crippen LogP contribution is -2.07. The van der Waals surface area contributed by atoms with Crippen LogP contribution in [-0.4, -0.2) is 165 Å². The monoisotopic (exact) mass is 1980 g/mol. The molecule has 0 saturated carbocycles. The highest BCUT2D eigenvalue weighted by molar-refractivity contribution is 6.19. The second-order valence-electron chi connectivity index (χ2n) is 38.0. The summed E-state index contributed by atoms with van der Waals surface area (Å²) in [6.07, 6.45) is 2.36. The molecule has 16 aromatic rings. The van der Waals surface area contributed by atoms with Crippen LogP contribution in [0.2, 0.25) is 0 Å². The van der Waals surface area contributed by atoms with Gasteiger partial charge in [0.1, 0.15) is 51.6 Å². The molecule has 0 aromatic heterocycles. The highest BCUT2D eigenvalue weighted by Gasteiger charge is 2.36. The van der Waals surface area contributed by atoms with E-state index in [1.54, 1.807) is 108 Å². The van der Waals surface area contributed by atoms with E-state index in [9.17, 15) is 100 Å². The number of methoxy groups -OCH3 is 8. The zero-order valence-corrected chi connectivity index (χ0v) is 86.7. The molecule has 0 amide bonds. The Morgan fingerprint density at radius 3 is 0.795 bits per heavy atom. The van der Waals surface area contributed by atoms with Crippen molar-refractivity contribution >= 4 is 123 Å². The van der Waals surface area contributed by atoms with Gasteiger partial charge in [-0.25, -0.2) is 9.59 Å². The standard InChI is InChI=1S/2C30H30O8.C30H30O6.C28H30O6/c1-13-9-19-17(24(16(13)4)29(31)32)10-14(2)22(26(19)36-6)23-15(3)11-18-20(27(23)37-7)12-21(35-5)28(38-8)25(18)30(33)34;1-11(2)19-15-7-13(5)21(27(35)23(15)17(9-31)25(33)29(19)37)22-14(6)8-16-20(12(3)4)30(38)26(34)18(10-32)24(16)28(22)36;1-15-9-21-19(23(13-31)18(15)4)10-16(2)26(29(21)35-7)27-17(3)11-20-22(30(27)36-8)12-25(33-5)28(34-6)24(20)14-32;1-11(2)21-15-7-13(5)23(25(31)17(15)9-19(29)27(21)33)24-14(6)8-16-18(26(24)32)10-20(30)28(34)22(16)12(3)4/h9-12H,1-8H3,(H,31,32)(H,33,34);7-12,33-38H,1-6H3;9-14H,1-8H3;7-12,29-34H,1-6H3. The average Bonchev–Trinajstić information content (AvgIpc) is 0.756. The molecule has 0 saturated heterocycles. The van der Waals surface area contributed by atoms with Crippen molar-refractivity contribution < 1.29 is 138 Å². The molecular weight excluding hydrogens is 1870 g/mol. The number of benzene rings is 16. The van der Waals surface area contributed by atoms with E-state index < -0.39 is 46.4 Å². The summed E-state index contributed by atoms with van der Waals surface area (Å²) in [5, 5.41) is 158. The number of hydrogen-bond donors (Lipinski definition) is 14. The number of aldehydes is 4. The van der Waals surface area contributed by atoms with Crippen LogP contribution in [0.4, 0.5) is 0 Å². The Balaban J connectivity index is 0.000000163. The van der Waals surface area contributed by atoms with Gasteiger partial charge in [0.05, 0.1) is 79.1 Å². The number of hydrogen-bond acceptors (Lipinski definition) is 26. The van der Waals surface area contributed by atoms with Gasteiger partial charge in [-0.1, -0.05) is 79.7 Å². The lowest BCUT2D eigenvalue weighted by atomic mass is 9.83. The highest BCUT2D eigenvalue weighted by atomic mass is 16.5. The fourth-order valence-electron chi connectivity index (χ4n) is 21.3. The molecule has 16 rings (SSSR count). The van der Waals surface area contributed by atoms with Crippen LogP contribution in [0.3, 0.4) is 0 Å². The number of carbonyl (C=O) groups excluding carboxylic acids is 4. The molecular formula is C118H120O28. The first kappa shape index (κ1) is 107. The van der Waals surface area contributed by atoms with Crippen LogP contribution in [0.15, 0.2) is 84.9 Å². The third-order valence-electron chi connectivity index (χ3n) is 28.0. The lowest BCUT2D eigenvalue weighted by molar-refractivity contribution is 0.0685. The smallest absolute Gasteiger partial charge is 0.340 e. The topological polar surface area (TPSA) is 459 Å². The van der Waals surface area contributed by atoms with Crippen LogP contribution in [0, 0.1) is 83.1 Å². The summed E-state index contributed by atoms with van der Waals surface area (Å²) < 4.78 is 45.8. The Hall–Kier alpha value is -16.8. The van der Waals surface area contributed by atoms with Gasteiger partial charge < -0.3 is 109 Å². The maximum atomic E-state index is 12.3. The molecule has 16 aromatic carbocycles. The predicted molar refractivity (Wildman–Crippen MR) is 569 cm³/mol. The number of carbonyl (C=O) groups is 6. The van der Waals surface area contributed by atoms with E-state index in [0.29, 0.717) is 190 Å². The Morgan fingerprint density at radius 2 is 0.479 bits per heavy atom. The molecule has 0 unspecified atom stereocenters. The molecule has 146 heavy (non-hydrogen) atoms. The molecule has 0 heterocycles. The number of fused-ring (bicyclic) bond motifs is 8. The molecule has 0 atom stereocenters. The first-order chi connectivity index (χ1) is 68.9. The number of carboxylic acid groups (broad SMARTS) is 2. The van der Waals surface area contributed by atoms with Crippen molar-refractivity contribution in [2.75, 3.05) is 56.9 Å². The van der Waals surface area contributed by atoms with Crippen molar-refractivity contribution in [1.29, 1.82) is 0 Å². The zero-order chi connectivity index (χ0) is 108. The minimum absolute atomic E-state index is 0.00512. The van der Waals surface area contributed by atoms with Crippen LogP contribution in [0.1, 0.15) is 230 Å². The first-order valence-corrected chi connectivity index (χ1v) is 46.9. The number of aromatic hydroxyl groups is 12. The largest absolute Gasteiger partial charge is 0.507 e. The van der Waals surface area contributed by atoms with Crippen LogP contribution < -0.4 is 37.9 Å². The molecule has 28 heteroatoms. The lowest BCUT2D eigenvalue weighted by Gasteiger charge is -2.23. The van der Waals surface area contributed by atoms with Crippen LogP contribution in [0.25, 0.3) is 131 Å². The predicted octanol–water partition coefficient (Wildman–Crippen LogP) is 26.0. The van der Waals surface area contributed by atoms with E-state index in [-0.39, 0.29) is 114 Å². The summed E-state index contributed by atoms with van der Waals surface area (Å²) in [6.45, 7) is 37.1. The van der Waals surface area contributed by atoms with Crippen molar-refractivity contribution in [3.05, 3.63) is 207 Å². The molecule has 0 radical (unpaired) electrons.